The maximum Gasteiger partial charge on any atom is 0.222 e. The zero-order valence-corrected chi connectivity index (χ0v) is 9.30. The van der Waals surface area contributed by atoms with Gasteiger partial charge >= 0.3 is 0 Å². The Morgan fingerprint density at radius 3 is 2.86 bits per heavy atom. The first-order valence-corrected chi connectivity index (χ1v) is 5.56. The van der Waals surface area contributed by atoms with Crippen LogP contribution in [0.2, 0.25) is 0 Å². The van der Waals surface area contributed by atoms with Crippen molar-refractivity contribution in [1.82, 2.24) is 5.32 Å². The summed E-state index contributed by atoms with van der Waals surface area (Å²) in [6.07, 6.45) is 0.385. The molecule has 2 unspecified atom stereocenters. The number of nitrogens with one attached hydrogen (secondary N) is 1. The SMILES string of the molecule is CC(N)CC(=O)NC(C)c1cccs1. The summed E-state index contributed by atoms with van der Waals surface area (Å²) in [6, 6.07) is 4.00. The van der Waals surface area contributed by atoms with E-state index in [2.05, 4.69) is 5.32 Å². The van der Waals surface area contributed by atoms with Crippen molar-refractivity contribution in [2.24, 2.45) is 5.73 Å². The second kappa shape index (κ2) is 5.12. The van der Waals surface area contributed by atoms with Crippen molar-refractivity contribution in [2.45, 2.75) is 32.4 Å². The van der Waals surface area contributed by atoms with Crippen molar-refractivity contribution >= 4 is 17.2 Å². The fourth-order valence-corrected chi connectivity index (χ4v) is 1.94. The molecule has 14 heavy (non-hydrogen) atoms. The Kier molecular flexibility index (Phi) is 4.10. The number of hydrogen-bond donors (Lipinski definition) is 2. The van der Waals surface area contributed by atoms with Gasteiger partial charge in [-0.2, -0.15) is 0 Å². The zero-order valence-electron chi connectivity index (χ0n) is 8.49. The Balaban J connectivity index is 2.41. The average molecular weight is 212 g/mol. The minimum Gasteiger partial charge on any atom is -0.349 e. The van der Waals surface area contributed by atoms with Gasteiger partial charge in [-0.25, -0.2) is 0 Å². The molecule has 1 heterocycles. The number of carbonyl (C=O) groups excluding carboxylic acids is 1. The molecule has 2 atom stereocenters. The van der Waals surface area contributed by atoms with E-state index >= 15 is 0 Å². The molecule has 0 bridgehead atoms. The lowest BCUT2D eigenvalue weighted by molar-refractivity contribution is -0.121. The predicted molar refractivity (Wildman–Crippen MR) is 59.1 cm³/mol. The molecular weight excluding hydrogens is 196 g/mol. The van der Waals surface area contributed by atoms with E-state index < -0.39 is 0 Å². The van der Waals surface area contributed by atoms with Crippen molar-refractivity contribution in [3.05, 3.63) is 22.4 Å². The van der Waals surface area contributed by atoms with Crippen LogP contribution in [0.1, 0.15) is 31.2 Å². The van der Waals surface area contributed by atoms with Gasteiger partial charge in [-0.05, 0) is 25.3 Å². The topological polar surface area (TPSA) is 55.1 Å². The van der Waals surface area contributed by atoms with Crippen LogP contribution in [-0.4, -0.2) is 11.9 Å². The second-order valence-electron chi connectivity index (χ2n) is 3.49. The van der Waals surface area contributed by atoms with Crippen LogP contribution in [0.5, 0.6) is 0 Å². The molecule has 1 aromatic rings. The normalized spacial score (nSPS) is 14.8. The Labute approximate surface area is 88.3 Å². The lowest BCUT2D eigenvalue weighted by Gasteiger charge is -2.13. The van der Waals surface area contributed by atoms with Gasteiger partial charge in [-0.15, -0.1) is 11.3 Å². The van der Waals surface area contributed by atoms with E-state index in [0.29, 0.717) is 6.42 Å². The van der Waals surface area contributed by atoms with Crippen LogP contribution < -0.4 is 11.1 Å². The summed E-state index contributed by atoms with van der Waals surface area (Å²) in [5.41, 5.74) is 5.53. The lowest BCUT2D eigenvalue weighted by Crippen LogP contribution is -2.31. The molecule has 3 nitrogen and oxygen atoms in total. The molecule has 0 aliphatic rings. The molecule has 1 amide bonds. The molecule has 0 radical (unpaired) electrons. The fourth-order valence-electron chi connectivity index (χ4n) is 1.20. The van der Waals surface area contributed by atoms with Crippen LogP contribution >= 0.6 is 11.3 Å². The molecule has 1 rings (SSSR count). The second-order valence-corrected chi connectivity index (χ2v) is 4.47. The molecule has 0 saturated carbocycles. The third kappa shape index (κ3) is 3.47. The van der Waals surface area contributed by atoms with Crippen molar-refractivity contribution in [2.75, 3.05) is 0 Å². The number of carbonyl (C=O) groups is 1. The maximum atomic E-state index is 11.4. The van der Waals surface area contributed by atoms with E-state index in [0.717, 1.165) is 0 Å². The molecule has 0 spiro atoms. The third-order valence-corrected chi connectivity index (χ3v) is 2.91. The third-order valence-electron chi connectivity index (χ3n) is 1.85. The van der Waals surface area contributed by atoms with E-state index in [9.17, 15) is 4.79 Å². The Hall–Kier alpha value is -0.870. The highest BCUT2D eigenvalue weighted by molar-refractivity contribution is 7.10. The zero-order chi connectivity index (χ0) is 10.6. The molecule has 1 aromatic heterocycles. The standard InChI is InChI=1S/C10H16N2OS/c1-7(11)6-10(13)12-8(2)9-4-3-5-14-9/h3-5,7-8H,6,11H2,1-2H3,(H,12,13). The maximum absolute atomic E-state index is 11.4. The van der Waals surface area contributed by atoms with Crippen molar-refractivity contribution in [3.63, 3.8) is 0 Å². The summed E-state index contributed by atoms with van der Waals surface area (Å²) in [4.78, 5) is 12.5. The van der Waals surface area contributed by atoms with Gasteiger partial charge in [0.2, 0.25) is 5.91 Å². The first-order chi connectivity index (χ1) is 6.59. The summed E-state index contributed by atoms with van der Waals surface area (Å²) in [5.74, 6) is 0.0147. The van der Waals surface area contributed by atoms with Crippen LogP contribution in [0.25, 0.3) is 0 Å². The van der Waals surface area contributed by atoms with E-state index in [1.54, 1.807) is 11.3 Å². The van der Waals surface area contributed by atoms with Gasteiger partial charge in [-0.3, -0.25) is 4.79 Å². The molecule has 4 heteroatoms. The predicted octanol–water partition coefficient (Wildman–Crippen LogP) is 1.66. The van der Waals surface area contributed by atoms with Gasteiger partial charge in [0.1, 0.15) is 0 Å². The molecule has 3 N–H and O–H groups in total. The summed E-state index contributed by atoms with van der Waals surface area (Å²) < 4.78 is 0. The smallest absolute Gasteiger partial charge is 0.222 e. The highest BCUT2D eigenvalue weighted by Gasteiger charge is 2.11. The first-order valence-electron chi connectivity index (χ1n) is 4.68. The van der Waals surface area contributed by atoms with Crippen molar-refractivity contribution in [3.8, 4) is 0 Å². The Bertz CT molecular complexity index is 282. The van der Waals surface area contributed by atoms with E-state index in [1.165, 1.54) is 4.88 Å². The van der Waals surface area contributed by atoms with Crippen LogP contribution in [0, 0.1) is 0 Å². The van der Waals surface area contributed by atoms with Crippen LogP contribution in [0.4, 0.5) is 0 Å². The number of amides is 1. The Morgan fingerprint density at radius 1 is 1.64 bits per heavy atom. The quantitative estimate of drug-likeness (QED) is 0.797. The molecule has 0 aliphatic carbocycles. The van der Waals surface area contributed by atoms with Crippen molar-refractivity contribution < 1.29 is 4.79 Å². The lowest BCUT2D eigenvalue weighted by atomic mass is 10.2. The Morgan fingerprint density at radius 2 is 2.36 bits per heavy atom. The monoisotopic (exact) mass is 212 g/mol. The molecule has 0 aliphatic heterocycles. The minimum absolute atomic E-state index is 0.0147. The number of thiophene rings is 1. The van der Waals surface area contributed by atoms with E-state index in [1.807, 2.05) is 31.4 Å². The number of hydrogen-bond acceptors (Lipinski definition) is 3. The summed E-state index contributed by atoms with van der Waals surface area (Å²) in [5, 5.41) is 4.91. The first kappa shape index (κ1) is 11.2. The van der Waals surface area contributed by atoms with Gasteiger partial charge in [0.25, 0.3) is 0 Å². The van der Waals surface area contributed by atoms with Gasteiger partial charge < -0.3 is 11.1 Å². The highest BCUT2D eigenvalue weighted by Crippen LogP contribution is 2.17. The summed E-state index contributed by atoms with van der Waals surface area (Å²) >= 11 is 1.65. The van der Waals surface area contributed by atoms with Crippen molar-refractivity contribution in [1.29, 1.82) is 0 Å². The van der Waals surface area contributed by atoms with Gasteiger partial charge in [-0.1, -0.05) is 6.07 Å². The van der Waals surface area contributed by atoms with E-state index in [4.69, 9.17) is 5.73 Å². The van der Waals surface area contributed by atoms with Gasteiger partial charge in [0, 0.05) is 17.3 Å². The largest absolute Gasteiger partial charge is 0.349 e. The summed E-state index contributed by atoms with van der Waals surface area (Å²) in [6.45, 7) is 3.81. The highest BCUT2D eigenvalue weighted by atomic mass is 32.1. The molecule has 0 aromatic carbocycles. The van der Waals surface area contributed by atoms with E-state index in [-0.39, 0.29) is 18.0 Å². The average Bonchev–Trinajstić information content (AvgIpc) is 2.53. The molecule has 0 fully saturated rings. The van der Waals surface area contributed by atoms with Crippen LogP contribution in [-0.2, 0) is 4.79 Å². The number of rotatable bonds is 4. The number of nitrogens with two attached hydrogens (primary N) is 1. The minimum atomic E-state index is -0.0782. The molecule has 0 saturated heterocycles. The molecule has 78 valence electrons. The summed E-state index contributed by atoms with van der Waals surface area (Å²) in [7, 11) is 0. The fraction of sp³-hybridized carbons (Fsp3) is 0.500. The van der Waals surface area contributed by atoms with Crippen LogP contribution in [0.3, 0.4) is 0 Å². The van der Waals surface area contributed by atoms with Gasteiger partial charge in [0.05, 0.1) is 6.04 Å². The molecular formula is C10H16N2OS. The van der Waals surface area contributed by atoms with Crippen LogP contribution in [0.15, 0.2) is 17.5 Å². The van der Waals surface area contributed by atoms with Gasteiger partial charge in [0.15, 0.2) is 0 Å².